The van der Waals surface area contributed by atoms with E-state index in [1.54, 1.807) is 0 Å². The third-order valence-corrected chi connectivity index (χ3v) is 31.1. The van der Waals surface area contributed by atoms with E-state index in [9.17, 15) is 0 Å². The van der Waals surface area contributed by atoms with Crippen LogP contribution in [0.1, 0.15) is 0 Å². The van der Waals surface area contributed by atoms with Gasteiger partial charge in [0, 0.05) is 159 Å². The average molecular weight is 1820 g/mol. The molecule has 660 valence electrons. The summed E-state index contributed by atoms with van der Waals surface area (Å²) in [5.74, 6) is 0.570. The van der Waals surface area contributed by atoms with Crippen molar-refractivity contribution in [2.24, 2.45) is 0 Å². The van der Waals surface area contributed by atoms with Crippen molar-refractivity contribution in [2.45, 2.75) is 0 Å². The Kier molecular flexibility index (Phi) is 15.4. The van der Waals surface area contributed by atoms with Gasteiger partial charge < -0.3 is 36.1 Å². The van der Waals surface area contributed by atoms with Crippen LogP contribution in [0.15, 0.2) is 462 Å². The topological polar surface area (TPSA) is 94.8 Å². The highest BCUT2D eigenvalue weighted by Crippen LogP contribution is 2.53. The molecule has 0 saturated carbocycles. The van der Waals surface area contributed by atoms with Crippen molar-refractivity contribution in [1.82, 2.24) is 37.4 Å². The van der Waals surface area contributed by atoms with E-state index in [1.807, 2.05) is 6.07 Å². The summed E-state index contributed by atoms with van der Waals surface area (Å²) in [5, 5.41) is 30.7. The average Bonchev–Trinajstić information content (AvgIpc) is 1.54. The summed E-state index contributed by atoms with van der Waals surface area (Å²) < 4.78 is 35.6. The van der Waals surface area contributed by atoms with Crippen molar-refractivity contribution < 1.29 is 13.3 Å². The number of nitrogens with zero attached hydrogens (tertiary/aromatic N) is 8. The van der Waals surface area contributed by atoms with Crippen LogP contribution in [0, 0.1) is 0 Å². The Hall–Kier alpha value is -19.4. The van der Waals surface area contributed by atoms with Crippen LogP contribution < -0.4 is 0 Å². The van der Waals surface area contributed by atoms with Crippen molar-refractivity contribution in [2.75, 3.05) is 0 Å². The lowest BCUT2D eigenvalue weighted by atomic mass is 9.94. The van der Waals surface area contributed by atoms with Crippen LogP contribution in [0.25, 0.3) is 319 Å². The molecule has 0 N–H and O–H groups in total. The Morgan fingerprint density at radius 1 is 0.175 bits per heavy atom. The summed E-state index contributed by atoms with van der Waals surface area (Å²) in [6.45, 7) is 0. The van der Waals surface area contributed by atoms with E-state index in [1.165, 1.54) is 64.6 Å². The summed E-state index contributed by atoms with van der Waals surface area (Å²) in [6.07, 6.45) is 0. The summed E-state index contributed by atoms with van der Waals surface area (Å²) in [5.41, 5.74) is 30.5. The number of aromatic nitrogens is 8. The first-order chi connectivity index (χ1) is 70.9. The molecule has 0 aliphatic rings. The fourth-order valence-electron chi connectivity index (χ4n) is 25.1. The van der Waals surface area contributed by atoms with E-state index in [0.29, 0.717) is 5.95 Å². The second-order valence-electron chi connectivity index (χ2n) is 38.4. The monoisotopic (exact) mass is 1820 g/mol. The molecule has 11 nitrogen and oxygen atoms in total. The lowest BCUT2D eigenvalue weighted by Crippen LogP contribution is -2.04. The molecule has 0 unspecified atom stereocenters. The minimum Gasteiger partial charge on any atom is -0.456 e. The molecule has 10 heterocycles. The second-order valence-corrected chi connectivity index (χ2v) is 38.4. The fourth-order valence-corrected chi connectivity index (χ4v) is 25.1. The first kappa shape index (κ1) is 76.8. The normalized spacial score (nSPS) is 12.5. The molecule has 11 heteroatoms. The molecule has 0 fully saturated rings. The van der Waals surface area contributed by atoms with Gasteiger partial charge in [0.05, 0.1) is 88.8 Å². The molecule has 33 rings (SSSR count). The van der Waals surface area contributed by atoms with Crippen molar-refractivity contribution in [3.8, 4) is 67.9 Å². The van der Waals surface area contributed by atoms with Gasteiger partial charge in [-0.05, 0) is 182 Å². The van der Waals surface area contributed by atoms with Gasteiger partial charge in [0.25, 0.3) is 0 Å². The summed E-state index contributed by atoms with van der Waals surface area (Å²) in [4.78, 5) is 11.2. The van der Waals surface area contributed by atoms with E-state index in [0.717, 1.165) is 248 Å². The molecule has 0 aliphatic carbocycles. The van der Waals surface area contributed by atoms with E-state index in [-0.39, 0.29) is 0 Å². The zero-order valence-corrected chi connectivity index (χ0v) is 76.5. The number of para-hydroxylation sites is 8. The van der Waals surface area contributed by atoms with Gasteiger partial charge in [0.1, 0.15) is 33.5 Å². The lowest BCUT2D eigenvalue weighted by Gasteiger charge is -2.15. The Labute approximate surface area is 812 Å². The number of hydrogen-bond acceptors (Lipinski definition) is 5. The van der Waals surface area contributed by atoms with Gasteiger partial charge in [-0.1, -0.05) is 297 Å². The van der Waals surface area contributed by atoms with E-state index < -0.39 is 0 Å². The van der Waals surface area contributed by atoms with Crippen molar-refractivity contribution >= 4 is 251 Å². The second kappa shape index (κ2) is 28.7. The van der Waals surface area contributed by atoms with Gasteiger partial charge >= 0.3 is 0 Å². The van der Waals surface area contributed by atoms with Crippen LogP contribution in [-0.2, 0) is 0 Å². The first-order valence-corrected chi connectivity index (χ1v) is 48.9. The van der Waals surface area contributed by atoms with Gasteiger partial charge in [0.2, 0.25) is 5.95 Å². The number of rotatable bonds is 9. The standard InChI is InChI=1S/C132H74N8O3/c1-4-28-76(29-5-1)128-94-42-16-21-48-105(94)133-132(134-128)140-115-72-120-100(90-40-19-24-52-118(90)141-120)69-99(115)92-60-61-97-123-84(45-27-51-108(123)137(130(97)129(92)140)81-33-8-3-9-34-81)78-54-55-79-68-113(89-39-15-13-37-87(89)98(79)66-78)138-107-50-23-18-44-96(107)125-111(138)64-63-110-126(125)103-71-102-93-47-26-46-85(131(93)143-122(102)73-116(103)136(110)80-31-6-2-7-32-80)75-56-58-82(59-57-75)135-106-49-22-17-43-95(106)124-109(135)62-65-112-127(124)104-70-101-91-41-20-25-53-119(91)142-121(101)74-117(104)139(112)114-67-77-30-10-11-35-83(77)86-36-12-14-38-88(86)114/h1-74H. The molecule has 33 aromatic rings. The number of fused-ring (bicyclic) bond motifs is 37. The SMILES string of the molecule is c1ccc(-c2nc(-n3c4cc5oc6ccccc6c5cc4c4ccc5c6c(-c7ccc8cc(-n9c%10ccccc%10c%10c%11c%12cc%13c(cc%12n(-c%12ccccc%12)c%11ccc%109)oc9c(-c%10ccc(-n%11c%12ccccc%12c%12c%14c%15cc%16c(cc%15n(-c%15cc%17ccccc%17c%17ccccc%15%17)c%14ccc%12%11)oc%11ccccc%11%16)cc%10)cccc9%13)c9ccccc9c8c7)cccc6n(-c6ccccc6)c5c43)nc3ccccc23)cc1. The molecular weight excluding hydrogens is 1750 g/mol. The summed E-state index contributed by atoms with van der Waals surface area (Å²) in [6, 6.07) is 165. The highest BCUT2D eigenvalue weighted by molar-refractivity contribution is 6.35. The summed E-state index contributed by atoms with van der Waals surface area (Å²) >= 11 is 0. The Morgan fingerprint density at radius 2 is 0.601 bits per heavy atom. The molecule has 0 spiro atoms. The maximum absolute atomic E-state index is 7.38. The predicted octanol–water partition coefficient (Wildman–Crippen LogP) is 35.5. The fraction of sp³-hybridized carbons (Fsp3) is 0. The predicted molar refractivity (Wildman–Crippen MR) is 594 cm³/mol. The molecule has 0 saturated heterocycles. The molecule has 23 aromatic carbocycles. The zero-order valence-electron chi connectivity index (χ0n) is 76.5. The minimum atomic E-state index is 0.570. The number of benzene rings is 23. The molecule has 0 bridgehead atoms. The molecule has 0 aliphatic heterocycles. The number of furan rings is 3. The van der Waals surface area contributed by atoms with Gasteiger partial charge in [-0.15, -0.1) is 0 Å². The summed E-state index contributed by atoms with van der Waals surface area (Å²) in [7, 11) is 0. The zero-order chi connectivity index (χ0) is 92.8. The number of hydrogen-bond donors (Lipinski definition) is 0. The Bertz CT molecular complexity index is 11500. The molecule has 0 amide bonds. The van der Waals surface area contributed by atoms with Gasteiger partial charge in [0.15, 0.2) is 0 Å². The quantitative estimate of drug-likeness (QED) is 0.134. The maximum atomic E-state index is 7.38. The van der Waals surface area contributed by atoms with Crippen LogP contribution >= 0.6 is 0 Å². The van der Waals surface area contributed by atoms with Crippen LogP contribution in [0.3, 0.4) is 0 Å². The molecule has 0 radical (unpaired) electrons. The largest absolute Gasteiger partial charge is 0.456 e. The van der Waals surface area contributed by atoms with Gasteiger partial charge in [-0.2, -0.15) is 0 Å². The van der Waals surface area contributed by atoms with Gasteiger partial charge in [-0.3, -0.25) is 4.57 Å². The van der Waals surface area contributed by atoms with Crippen molar-refractivity contribution in [3.63, 3.8) is 0 Å². The third-order valence-electron chi connectivity index (χ3n) is 31.1. The molecule has 143 heavy (non-hydrogen) atoms. The maximum Gasteiger partial charge on any atom is 0.235 e. The van der Waals surface area contributed by atoms with Crippen LogP contribution in [0.5, 0.6) is 0 Å². The lowest BCUT2D eigenvalue weighted by molar-refractivity contribution is 0.669. The molecular formula is C132H74N8O3. The molecule has 10 aromatic heterocycles. The Morgan fingerprint density at radius 3 is 1.26 bits per heavy atom. The highest BCUT2D eigenvalue weighted by Gasteiger charge is 2.32. The highest BCUT2D eigenvalue weighted by atomic mass is 16.3. The van der Waals surface area contributed by atoms with Crippen LogP contribution in [0.4, 0.5) is 0 Å². The smallest absolute Gasteiger partial charge is 0.235 e. The Balaban J connectivity index is 0.539. The van der Waals surface area contributed by atoms with E-state index >= 15 is 0 Å². The van der Waals surface area contributed by atoms with Crippen LogP contribution in [0.2, 0.25) is 0 Å². The van der Waals surface area contributed by atoms with Crippen molar-refractivity contribution in [3.05, 3.63) is 449 Å². The van der Waals surface area contributed by atoms with Crippen molar-refractivity contribution in [1.29, 1.82) is 0 Å². The molecule has 0 atom stereocenters. The first-order valence-electron chi connectivity index (χ1n) is 48.9. The van der Waals surface area contributed by atoms with Crippen LogP contribution in [-0.4, -0.2) is 37.4 Å². The van der Waals surface area contributed by atoms with E-state index in [4.69, 9.17) is 23.2 Å². The van der Waals surface area contributed by atoms with E-state index in [2.05, 4.69) is 470 Å². The minimum absolute atomic E-state index is 0.570. The van der Waals surface area contributed by atoms with Gasteiger partial charge in [-0.25, -0.2) is 9.97 Å². The third kappa shape index (κ3) is 10.6.